The molecule has 0 atom stereocenters. The van der Waals surface area contributed by atoms with Gasteiger partial charge in [0.15, 0.2) is 0 Å². The molecule has 0 radical (unpaired) electrons. The predicted octanol–water partition coefficient (Wildman–Crippen LogP) is 2.14. The summed E-state index contributed by atoms with van der Waals surface area (Å²) in [7, 11) is 4.04. The fourth-order valence-corrected chi connectivity index (χ4v) is 2.24. The van der Waals surface area contributed by atoms with Crippen molar-refractivity contribution in [1.29, 1.82) is 0 Å². The maximum Gasteiger partial charge on any atom is 0.0751 e. The highest BCUT2D eigenvalue weighted by Gasteiger charge is 2.43. The molecule has 1 fully saturated rings. The van der Waals surface area contributed by atoms with Crippen molar-refractivity contribution in [2.75, 3.05) is 27.2 Å². The van der Waals surface area contributed by atoms with Crippen LogP contribution in [-0.4, -0.2) is 37.7 Å². The van der Waals surface area contributed by atoms with Gasteiger partial charge in [-0.05, 0) is 25.3 Å². The van der Waals surface area contributed by atoms with Crippen LogP contribution in [0.3, 0.4) is 0 Å². The van der Waals surface area contributed by atoms with Crippen LogP contribution in [0.25, 0.3) is 0 Å². The van der Waals surface area contributed by atoms with Crippen LogP contribution in [0.5, 0.6) is 0 Å². The van der Waals surface area contributed by atoms with Gasteiger partial charge >= 0.3 is 0 Å². The fourth-order valence-electron chi connectivity index (χ4n) is 2.24. The lowest BCUT2D eigenvalue weighted by Crippen LogP contribution is -2.52. The third kappa shape index (κ3) is 2.05. The Morgan fingerprint density at radius 1 is 1.15 bits per heavy atom. The van der Waals surface area contributed by atoms with Gasteiger partial charge in [0.2, 0.25) is 0 Å². The molecule has 0 unspecified atom stereocenters. The highest BCUT2D eigenvalue weighted by molar-refractivity contribution is 4.95. The summed E-state index contributed by atoms with van der Waals surface area (Å²) in [6.07, 6.45) is 2.31. The van der Waals surface area contributed by atoms with Crippen molar-refractivity contribution in [2.24, 2.45) is 5.41 Å². The van der Waals surface area contributed by atoms with E-state index in [1.54, 1.807) is 0 Å². The summed E-state index contributed by atoms with van der Waals surface area (Å²) in [5, 5.41) is 0. The molecule has 0 spiro atoms. The number of methoxy groups -OCH3 is 1. The smallest absolute Gasteiger partial charge is 0.0751 e. The van der Waals surface area contributed by atoms with Crippen molar-refractivity contribution < 1.29 is 4.74 Å². The third-order valence-corrected chi connectivity index (χ3v) is 3.55. The second-order valence-electron chi connectivity index (χ2n) is 5.25. The Labute approximate surface area is 82.3 Å². The zero-order valence-corrected chi connectivity index (χ0v) is 9.68. The standard InChI is InChI=1S/C11H23NO/c1-10(2,3)11(13-5)6-8-12(4)9-7-11/h6-9H2,1-5H3. The van der Waals surface area contributed by atoms with Gasteiger partial charge in [0.05, 0.1) is 5.60 Å². The monoisotopic (exact) mass is 185 g/mol. The van der Waals surface area contributed by atoms with Gasteiger partial charge in [-0.3, -0.25) is 0 Å². The van der Waals surface area contributed by atoms with E-state index in [1.165, 1.54) is 0 Å². The minimum Gasteiger partial charge on any atom is -0.378 e. The summed E-state index contributed by atoms with van der Waals surface area (Å²) in [4.78, 5) is 2.38. The molecule has 1 rings (SSSR count). The minimum absolute atomic E-state index is 0.0967. The van der Waals surface area contributed by atoms with Crippen LogP contribution in [0, 0.1) is 5.41 Å². The summed E-state index contributed by atoms with van der Waals surface area (Å²) in [6.45, 7) is 9.15. The molecular formula is C11H23NO. The quantitative estimate of drug-likeness (QED) is 0.620. The molecule has 1 aliphatic heterocycles. The molecule has 1 saturated heterocycles. The Kier molecular flexibility index (Phi) is 3.03. The Morgan fingerprint density at radius 2 is 1.62 bits per heavy atom. The highest BCUT2D eigenvalue weighted by atomic mass is 16.5. The van der Waals surface area contributed by atoms with Crippen LogP contribution in [0.15, 0.2) is 0 Å². The van der Waals surface area contributed by atoms with Crippen molar-refractivity contribution in [2.45, 2.75) is 39.2 Å². The second-order valence-corrected chi connectivity index (χ2v) is 5.25. The summed E-state index contributed by atoms with van der Waals surface area (Å²) in [5.41, 5.74) is 0.350. The fraction of sp³-hybridized carbons (Fsp3) is 1.00. The Balaban J connectivity index is 2.72. The number of hydrogen-bond donors (Lipinski definition) is 0. The molecular weight excluding hydrogens is 162 g/mol. The molecule has 0 aromatic carbocycles. The number of piperidine rings is 1. The molecule has 0 N–H and O–H groups in total. The van der Waals surface area contributed by atoms with E-state index >= 15 is 0 Å². The number of likely N-dealkylation sites (tertiary alicyclic amines) is 1. The number of hydrogen-bond acceptors (Lipinski definition) is 2. The molecule has 0 aliphatic carbocycles. The summed E-state index contributed by atoms with van der Waals surface area (Å²) < 4.78 is 5.76. The third-order valence-electron chi connectivity index (χ3n) is 3.55. The lowest BCUT2D eigenvalue weighted by atomic mass is 9.71. The molecule has 0 aromatic heterocycles. The number of nitrogens with zero attached hydrogens (tertiary/aromatic N) is 1. The van der Waals surface area contributed by atoms with Crippen LogP contribution in [0.2, 0.25) is 0 Å². The zero-order valence-electron chi connectivity index (χ0n) is 9.68. The molecule has 0 bridgehead atoms. The Hall–Kier alpha value is -0.0800. The Bertz CT molecular complexity index is 163. The van der Waals surface area contributed by atoms with Crippen LogP contribution in [0.4, 0.5) is 0 Å². The molecule has 2 nitrogen and oxygen atoms in total. The lowest BCUT2D eigenvalue weighted by Gasteiger charge is -2.48. The average Bonchev–Trinajstić information content (AvgIpc) is 2.04. The normalized spacial score (nSPS) is 24.7. The largest absolute Gasteiger partial charge is 0.378 e. The van der Waals surface area contributed by atoms with Gasteiger partial charge in [-0.15, -0.1) is 0 Å². The van der Waals surface area contributed by atoms with Gasteiger partial charge in [0, 0.05) is 20.2 Å². The molecule has 0 aromatic rings. The van der Waals surface area contributed by atoms with Crippen molar-refractivity contribution in [3.8, 4) is 0 Å². The van der Waals surface area contributed by atoms with Crippen molar-refractivity contribution in [1.82, 2.24) is 4.90 Å². The van der Waals surface area contributed by atoms with E-state index in [4.69, 9.17) is 4.74 Å². The van der Waals surface area contributed by atoms with Crippen LogP contribution >= 0.6 is 0 Å². The van der Waals surface area contributed by atoms with Gasteiger partial charge in [-0.2, -0.15) is 0 Å². The highest BCUT2D eigenvalue weighted by Crippen LogP contribution is 2.41. The van der Waals surface area contributed by atoms with E-state index in [0.29, 0.717) is 0 Å². The Morgan fingerprint density at radius 3 is 1.92 bits per heavy atom. The molecule has 78 valence electrons. The van der Waals surface area contributed by atoms with Gasteiger partial charge in [-0.1, -0.05) is 20.8 Å². The first-order chi connectivity index (χ1) is 5.91. The van der Waals surface area contributed by atoms with E-state index < -0.39 is 0 Å². The van der Waals surface area contributed by atoms with E-state index in [-0.39, 0.29) is 11.0 Å². The average molecular weight is 185 g/mol. The maximum atomic E-state index is 5.76. The van der Waals surface area contributed by atoms with Gasteiger partial charge < -0.3 is 9.64 Å². The first-order valence-corrected chi connectivity index (χ1v) is 5.15. The lowest BCUT2D eigenvalue weighted by molar-refractivity contribution is -0.124. The molecule has 0 saturated carbocycles. The van der Waals surface area contributed by atoms with E-state index in [0.717, 1.165) is 25.9 Å². The summed E-state index contributed by atoms with van der Waals surface area (Å²) in [6, 6.07) is 0. The van der Waals surface area contributed by atoms with Crippen LogP contribution in [-0.2, 0) is 4.74 Å². The number of ether oxygens (including phenoxy) is 1. The minimum atomic E-state index is 0.0967. The topological polar surface area (TPSA) is 12.5 Å². The van der Waals surface area contributed by atoms with E-state index in [2.05, 4.69) is 32.7 Å². The molecule has 13 heavy (non-hydrogen) atoms. The molecule has 1 heterocycles. The SMILES string of the molecule is COC1(C(C)(C)C)CCN(C)CC1. The van der Waals surface area contributed by atoms with Crippen molar-refractivity contribution in [3.63, 3.8) is 0 Å². The van der Waals surface area contributed by atoms with Crippen molar-refractivity contribution >= 4 is 0 Å². The van der Waals surface area contributed by atoms with Gasteiger partial charge in [-0.25, -0.2) is 0 Å². The first kappa shape index (κ1) is 11.0. The van der Waals surface area contributed by atoms with E-state index in [9.17, 15) is 0 Å². The predicted molar refractivity (Wildman–Crippen MR) is 55.9 cm³/mol. The first-order valence-electron chi connectivity index (χ1n) is 5.15. The zero-order chi connectivity index (χ0) is 10.1. The summed E-state index contributed by atoms with van der Waals surface area (Å²) in [5.74, 6) is 0. The second kappa shape index (κ2) is 3.58. The summed E-state index contributed by atoms with van der Waals surface area (Å²) >= 11 is 0. The molecule has 0 amide bonds. The van der Waals surface area contributed by atoms with Crippen LogP contribution < -0.4 is 0 Å². The van der Waals surface area contributed by atoms with Gasteiger partial charge in [0.1, 0.15) is 0 Å². The molecule has 2 heteroatoms. The van der Waals surface area contributed by atoms with Gasteiger partial charge in [0.25, 0.3) is 0 Å². The molecule has 1 aliphatic rings. The van der Waals surface area contributed by atoms with Crippen molar-refractivity contribution in [3.05, 3.63) is 0 Å². The van der Waals surface area contributed by atoms with E-state index in [1.807, 2.05) is 7.11 Å². The number of rotatable bonds is 1. The maximum absolute atomic E-state index is 5.76. The van der Waals surface area contributed by atoms with Crippen LogP contribution in [0.1, 0.15) is 33.6 Å².